The van der Waals surface area contributed by atoms with Gasteiger partial charge in [0, 0.05) is 5.69 Å². The van der Waals surface area contributed by atoms with Crippen molar-refractivity contribution in [2.75, 3.05) is 11.9 Å². The lowest BCUT2D eigenvalue weighted by atomic mass is 10.0. The highest BCUT2D eigenvalue weighted by molar-refractivity contribution is 5.89. The maximum Gasteiger partial charge on any atom is 0.319 e. The summed E-state index contributed by atoms with van der Waals surface area (Å²) in [5.74, 6) is 0.911. The third-order valence-electron chi connectivity index (χ3n) is 3.25. The molecule has 102 valence electrons. The van der Waals surface area contributed by atoms with E-state index in [4.69, 9.17) is 4.74 Å². The number of para-hydroxylation sites is 2. The number of amides is 2. The highest BCUT2D eigenvalue weighted by Gasteiger charge is 2.20. The van der Waals surface area contributed by atoms with Crippen molar-refractivity contribution in [2.24, 2.45) is 0 Å². The van der Waals surface area contributed by atoms with Crippen LogP contribution in [0.4, 0.5) is 10.5 Å². The second-order valence-corrected chi connectivity index (χ2v) is 4.78. The molecule has 3 rings (SSSR count). The minimum Gasteiger partial charge on any atom is -0.491 e. The summed E-state index contributed by atoms with van der Waals surface area (Å²) in [5.41, 5.74) is 1.91. The average molecular weight is 268 g/mol. The van der Waals surface area contributed by atoms with Gasteiger partial charge in [0.15, 0.2) is 0 Å². The Morgan fingerprint density at radius 1 is 1.05 bits per heavy atom. The van der Waals surface area contributed by atoms with Crippen LogP contribution in [0, 0.1) is 0 Å². The zero-order valence-corrected chi connectivity index (χ0v) is 11.0. The van der Waals surface area contributed by atoms with Gasteiger partial charge in [-0.1, -0.05) is 36.4 Å². The number of carbonyl (C=O) groups is 1. The first-order chi connectivity index (χ1) is 9.81. The molecule has 2 aromatic carbocycles. The molecule has 0 saturated heterocycles. The third-order valence-corrected chi connectivity index (χ3v) is 3.25. The summed E-state index contributed by atoms with van der Waals surface area (Å²) < 4.78 is 5.64. The first kappa shape index (κ1) is 12.5. The quantitative estimate of drug-likeness (QED) is 0.880. The van der Waals surface area contributed by atoms with E-state index in [1.54, 1.807) is 0 Å². The first-order valence-electron chi connectivity index (χ1n) is 6.64. The zero-order valence-electron chi connectivity index (χ0n) is 11.0. The van der Waals surface area contributed by atoms with Gasteiger partial charge in [-0.15, -0.1) is 0 Å². The van der Waals surface area contributed by atoms with Crippen LogP contribution in [0.15, 0.2) is 54.6 Å². The molecule has 0 bridgehead atoms. The molecular weight excluding hydrogens is 252 g/mol. The van der Waals surface area contributed by atoms with Crippen LogP contribution >= 0.6 is 0 Å². The average Bonchev–Trinajstić information content (AvgIpc) is 2.48. The van der Waals surface area contributed by atoms with Crippen molar-refractivity contribution in [2.45, 2.75) is 12.5 Å². The Kier molecular flexibility index (Phi) is 3.54. The van der Waals surface area contributed by atoms with Crippen molar-refractivity contribution in [3.63, 3.8) is 0 Å². The van der Waals surface area contributed by atoms with Gasteiger partial charge in [0.1, 0.15) is 12.4 Å². The summed E-state index contributed by atoms with van der Waals surface area (Å²) >= 11 is 0. The molecule has 0 radical (unpaired) electrons. The van der Waals surface area contributed by atoms with E-state index in [0.29, 0.717) is 6.61 Å². The summed E-state index contributed by atoms with van der Waals surface area (Å²) in [7, 11) is 0. The van der Waals surface area contributed by atoms with Gasteiger partial charge < -0.3 is 15.4 Å². The maximum atomic E-state index is 11.9. The number of nitrogens with one attached hydrogen (secondary N) is 2. The van der Waals surface area contributed by atoms with E-state index in [1.807, 2.05) is 54.6 Å². The molecule has 0 fully saturated rings. The molecule has 0 saturated carbocycles. The Balaban J connectivity index is 1.58. The summed E-state index contributed by atoms with van der Waals surface area (Å²) in [5, 5.41) is 5.74. The molecule has 2 aromatic rings. The standard InChI is InChI=1S/C16H16N2O2/c19-16(17-13-7-2-1-3-8-13)18-14-10-12-6-4-5-9-15(12)20-11-14/h1-9,14H,10-11H2,(H2,17,18,19). The second-order valence-electron chi connectivity index (χ2n) is 4.78. The molecule has 20 heavy (non-hydrogen) atoms. The molecule has 1 heterocycles. The summed E-state index contributed by atoms with van der Waals surface area (Å²) in [6.07, 6.45) is 0.790. The number of hydrogen-bond donors (Lipinski definition) is 2. The Bertz CT molecular complexity index is 598. The van der Waals surface area contributed by atoms with Crippen molar-refractivity contribution < 1.29 is 9.53 Å². The van der Waals surface area contributed by atoms with Crippen LogP contribution in [0.1, 0.15) is 5.56 Å². The Morgan fingerprint density at radius 2 is 1.80 bits per heavy atom. The van der Waals surface area contributed by atoms with Gasteiger partial charge in [0.05, 0.1) is 6.04 Å². The molecule has 1 aliphatic heterocycles. The fourth-order valence-corrected chi connectivity index (χ4v) is 2.29. The van der Waals surface area contributed by atoms with Crippen LogP contribution in [0.25, 0.3) is 0 Å². The predicted octanol–water partition coefficient (Wildman–Crippen LogP) is 2.81. The van der Waals surface area contributed by atoms with Crippen LogP contribution in [-0.4, -0.2) is 18.7 Å². The molecule has 2 amide bonds. The Morgan fingerprint density at radius 3 is 2.65 bits per heavy atom. The van der Waals surface area contributed by atoms with Crippen LogP contribution in [0.3, 0.4) is 0 Å². The van der Waals surface area contributed by atoms with E-state index in [0.717, 1.165) is 23.4 Å². The number of hydrogen-bond acceptors (Lipinski definition) is 2. The van der Waals surface area contributed by atoms with Crippen LogP contribution < -0.4 is 15.4 Å². The topological polar surface area (TPSA) is 50.4 Å². The van der Waals surface area contributed by atoms with Gasteiger partial charge >= 0.3 is 6.03 Å². The van der Waals surface area contributed by atoms with E-state index in [1.165, 1.54) is 0 Å². The van der Waals surface area contributed by atoms with Crippen molar-refractivity contribution in [1.29, 1.82) is 0 Å². The monoisotopic (exact) mass is 268 g/mol. The van der Waals surface area contributed by atoms with Crippen LogP contribution in [-0.2, 0) is 6.42 Å². The van der Waals surface area contributed by atoms with Crippen molar-refractivity contribution in [3.05, 3.63) is 60.2 Å². The third kappa shape index (κ3) is 2.91. The molecule has 0 aliphatic carbocycles. The maximum absolute atomic E-state index is 11.9. The normalized spacial score (nSPS) is 16.7. The lowest BCUT2D eigenvalue weighted by Gasteiger charge is -2.26. The number of rotatable bonds is 2. The van der Waals surface area contributed by atoms with Crippen LogP contribution in [0.2, 0.25) is 0 Å². The van der Waals surface area contributed by atoms with Gasteiger partial charge in [0.25, 0.3) is 0 Å². The van der Waals surface area contributed by atoms with E-state index in [2.05, 4.69) is 10.6 Å². The molecule has 1 aliphatic rings. The first-order valence-corrected chi connectivity index (χ1v) is 6.64. The Labute approximate surface area is 117 Å². The number of carbonyl (C=O) groups excluding carboxylic acids is 1. The number of anilines is 1. The van der Waals surface area contributed by atoms with E-state index >= 15 is 0 Å². The molecule has 4 nitrogen and oxygen atoms in total. The molecule has 0 aromatic heterocycles. The molecule has 1 unspecified atom stereocenters. The second kappa shape index (κ2) is 5.65. The summed E-state index contributed by atoms with van der Waals surface area (Å²) in [6, 6.07) is 17.1. The van der Waals surface area contributed by atoms with E-state index < -0.39 is 0 Å². The molecule has 2 N–H and O–H groups in total. The zero-order chi connectivity index (χ0) is 13.8. The van der Waals surface area contributed by atoms with E-state index in [-0.39, 0.29) is 12.1 Å². The Hall–Kier alpha value is -2.49. The number of ether oxygens (including phenoxy) is 1. The largest absolute Gasteiger partial charge is 0.491 e. The van der Waals surface area contributed by atoms with Crippen molar-refractivity contribution >= 4 is 11.7 Å². The summed E-state index contributed by atoms with van der Waals surface area (Å²) in [4.78, 5) is 11.9. The summed E-state index contributed by atoms with van der Waals surface area (Å²) in [6.45, 7) is 0.499. The van der Waals surface area contributed by atoms with E-state index in [9.17, 15) is 4.79 Å². The molecule has 4 heteroatoms. The smallest absolute Gasteiger partial charge is 0.319 e. The lowest BCUT2D eigenvalue weighted by molar-refractivity contribution is 0.222. The molecular formula is C16H16N2O2. The minimum atomic E-state index is -0.204. The highest BCUT2D eigenvalue weighted by Crippen LogP contribution is 2.23. The molecule has 0 spiro atoms. The fourth-order valence-electron chi connectivity index (χ4n) is 2.29. The molecule has 1 atom stereocenters. The minimum absolute atomic E-state index is 0.00591. The van der Waals surface area contributed by atoms with Gasteiger partial charge in [-0.2, -0.15) is 0 Å². The van der Waals surface area contributed by atoms with Gasteiger partial charge in [-0.25, -0.2) is 4.79 Å². The number of urea groups is 1. The number of fused-ring (bicyclic) bond motifs is 1. The SMILES string of the molecule is O=C(Nc1ccccc1)NC1COc2ccccc2C1. The highest BCUT2D eigenvalue weighted by atomic mass is 16.5. The van der Waals surface area contributed by atoms with Gasteiger partial charge in [-0.05, 0) is 30.2 Å². The van der Waals surface area contributed by atoms with Gasteiger partial charge in [0.2, 0.25) is 0 Å². The predicted molar refractivity (Wildman–Crippen MR) is 78.0 cm³/mol. The van der Waals surface area contributed by atoms with Gasteiger partial charge in [-0.3, -0.25) is 0 Å². The van der Waals surface area contributed by atoms with Crippen LogP contribution in [0.5, 0.6) is 5.75 Å². The lowest BCUT2D eigenvalue weighted by Crippen LogP contribution is -2.44. The fraction of sp³-hybridized carbons (Fsp3) is 0.188. The van der Waals surface area contributed by atoms with Crippen molar-refractivity contribution in [3.8, 4) is 5.75 Å². The van der Waals surface area contributed by atoms with Crippen molar-refractivity contribution in [1.82, 2.24) is 5.32 Å². The number of benzene rings is 2.